The van der Waals surface area contributed by atoms with Crippen molar-refractivity contribution in [2.45, 2.75) is 39.3 Å². The normalized spacial score (nSPS) is 16.2. The molecule has 4 aromatic rings. The third kappa shape index (κ3) is 3.81. The molecule has 3 heterocycles. The van der Waals surface area contributed by atoms with Crippen LogP contribution in [0.15, 0.2) is 53.1 Å². The molecule has 1 fully saturated rings. The summed E-state index contributed by atoms with van der Waals surface area (Å²) in [6, 6.07) is 15.5. The second-order valence-electron chi connectivity index (χ2n) is 7.80. The molecule has 6 nitrogen and oxygen atoms in total. The number of para-hydroxylation sites is 1. The van der Waals surface area contributed by atoms with Gasteiger partial charge in [-0.25, -0.2) is 4.98 Å². The quantitative estimate of drug-likeness (QED) is 0.418. The van der Waals surface area contributed by atoms with Crippen LogP contribution >= 0.6 is 11.3 Å². The number of carbonyl (C=O) groups is 1. The molecule has 158 valence electrons. The van der Waals surface area contributed by atoms with Crippen molar-refractivity contribution in [1.29, 1.82) is 0 Å². The zero-order valence-electron chi connectivity index (χ0n) is 17.5. The van der Waals surface area contributed by atoms with Crippen LogP contribution in [0.2, 0.25) is 0 Å². The number of nitrogens with zero attached hydrogens (tertiary/aromatic N) is 3. The molecular weight excluding hydrogens is 410 g/mol. The van der Waals surface area contributed by atoms with Gasteiger partial charge in [-0.15, -0.1) is 11.3 Å². The third-order valence-corrected chi connectivity index (χ3v) is 6.89. The molecule has 0 aliphatic carbocycles. The second kappa shape index (κ2) is 8.15. The fraction of sp³-hybridized carbons (Fsp3) is 0.292. The Balaban J connectivity index is 1.35. The number of benzene rings is 2. The number of rotatable bonds is 5. The molecular formula is C24H23N3O3S. The summed E-state index contributed by atoms with van der Waals surface area (Å²) in [4.78, 5) is 20.1. The Morgan fingerprint density at radius 1 is 1.23 bits per heavy atom. The van der Waals surface area contributed by atoms with Crippen LogP contribution in [0.5, 0.6) is 5.75 Å². The number of thiazole rings is 1. The van der Waals surface area contributed by atoms with Gasteiger partial charge in [-0.1, -0.05) is 23.4 Å². The van der Waals surface area contributed by atoms with Gasteiger partial charge in [0.1, 0.15) is 23.1 Å². The minimum atomic E-state index is 0.0181. The average Bonchev–Trinajstić information content (AvgIpc) is 3.50. The van der Waals surface area contributed by atoms with E-state index in [4.69, 9.17) is 14.2 Å². The molecule has 2 aromatic heterocycles. The van der Waals surface area contributed by atoms with E-state index >= 15 is 0 Å². The fourth-order valence-electron chi connectivity index (χ4n) is 4.05. The molecule has 7 heteroatoms. The molecule has 1 aliphatic rings. The van der Waals surface area contributed by atoms with Crippen LogP contribution in [0.4, 0.5) is 0 Å². The van der Waals surface area contributed by atoms with Crippen LogP contribution in [0.1, 0.15) is 51.3 Å². The number of hydrogen-bond acceptors (Lipinski definition) is 6. The third-order valence-electron chi connectivity index (χ3n) is 5.75. The number of fused-ring (bicyclic) bond motifs is 1. The standard InChI is InChI=1S/C24H23N3O3S/c1-15-19(16(2)30-26-15)14-29-18-8-5-7-17(13-18)24(28)27-12-6-10-21(27)23-25-20-9-3-4-11-22(20)31-23/h3-5,7-9,11,13,21H,6,10,12,14H2,1-2H3. The first-order chi connectivity index (χ1) is 15.1. The summed E-state index contributed by atoms with van der Waals surface area (Å²) in [5.74, 6) is 1.42. The van der Waals surface area contributed by atoms with E-state index in [-0.39, 0.29) is 11.9 Å². The predicted molar refractivity (Wildman–Crippen MR) is 119 cm³/mol. The van der Waals surface area contributed by atoms with Gasteiger partial charge in [0, 0.05) is 12.1 Å². The molecule has 0 N–H and O–H groups in total. The Kier molecular flexibility index (Phi) is 5.19. The zero-order valence-corrected chi connectivity index (χ0v) is 18.3. The predicted octanol–water partition coefficient (Wildman–Crippen LogP) is 5.46. The molecule has 0 bridgehead atoms. The number of aryl methyl sites for hydroxylation is 2. The number of aromatic nitrogens is 2. The van der Waals surface area contributed by atoms with Gasteiger partial charge in [0.05, 0.1) is 27.5 Å². The minimum absolute atomic E-state index is 0.0181. The zero-order chi connectivity index (χ0) is 21.4. The maximum Gasteiger partial charge on any atom is 0.254 e. The Hall–Kier alpha value is -3.19. The van der Waals surface area contributed by atoms with Gasteiger partial charge in [-0.2, -0.15) is 0 Å². The maximum atomic E-state index is 13.4. The fourth-order valence-corrected chi connectivity index (χ4v) is 5.16. The number of carbonyl (C=O) groups excluding carboxylic acids is 1. The second-order valence-corrected chi connectivity index (χ2v) is 8.86. The Bertz CT molecular complexity index is 1190. The summed E-state index contributed by atoms with van der Waals surface area (Å²) >= 11 is 1.68. The van der Waals surface area contributed by atoms with E-state index in [1.807, 2.05) is 61.2 Å². The van der Waals surface area contributed by atoms with E-state index in [0.717, 1.165) is 51.6 Å². The summed E-state index contributed by atoms with van der Waals surface area (Å²) in [7, 11) is 0. The van der Waals surface area contributed by atoms with Crippen molar-refractivity contribution >= 4 is 27.5 Å². The van der Waals surface area contributed by atoms with Crippen LogP contribution in [-0.4, -0.2) is 27.5 Å². The molecule has 1 saturated heterocycles. The van der Waals surface area contributed by atoms with Gasteiger partial charge in [0.2, 0.25) is 0 Å². The van der Waals surface area contributed by atoms with Gasteiger partial charge < -0.3 is 14.2 Å². The van der Waals surface area contributed by atoms with Crippen molar-refractivity contribution in [3.05, 3.63) is 76.1 Å². The number of likely N-dealkylation sites (tertiary alicyclic amines) is 1. The molecule has 1 unspecified atom stereocenters. The highest BCUT2D eigenvalue weighted by atomic mass is 32.1. The van der Waals surface area contributed by atoms with E-state index in [1.165, 1.54) is 0 Å². The molecule has 0 saturated carbocycles. The van der Waals surface area contributed by atoms with Crippen LogP contribution in [0, 0.1) is 13.8 Å². The van der Waals surface area contributed by atoms with E-state index in [2.05, 4.69) is 11.2 Å². The van der Waals surface area contributed by atoms with Crippen molar-refractivity contribution in [2.75, 3.05) is 6.54 Å². The van der Waals surface area contributed by atoms with Crippen molar-refractivity contribution in [1.82, 2.24) is 15.0 Å². The number of hydrogen-bond donors (Lipinski definition) is 0. The van der Waals surface area contributed by atoms with E-state index < -0.39 is 0 Å². The highest BCUT2D eigenvalue weighted by molar-refractivity contribution is 7.18. The van der Waals surface area contributed by atoms with Crippen LogP contribution < -0.4 is 4.74 Å². The molecule has 0 radical (unpaired) electrons. The van der Waals surface area contributed by atoms with Crippen LogP contribution in [-0.2, 0) is 6.61 Å². The average molecular weight is 434 g/mol. The summed E-state index contributed by atoms with van der Waals surface area (Å²) < 4.78 is 12.3. The SMILES string of the molecule is Cc1noc(C)c1COc1cccc(C(=O)N2CCCC2c2nc3ccccc3s2)c1. The van der Waals surface area contributed by atoms with E-state index in [1.54, 1.807) is 11.3 Å². The van der Waals surface area contributed by atoms with Crippen LogP contribution in [0.3, 0.4) is 0 Å². The summed E-state index contributed by atoms with van der Waals surface area (Å²) in [5.41, 5.74) is 3.38. The maximum absolute atomic E-state index is 13.4. The lowest BCUT2D eigenvalue weighted by molar-refractivity contribution is 0.0735. The van der Waals surface area contributed by atoms with Crippen LogP contribution in [0.25, 0.3) is 10.2 Å². The van der Waals surface area contributed by atoms with Crippen molar-refractivity contribution in [3.8, 4) is 5.75 Å². The lowest BCUT2D eigenvalue weighted by Crippen LogP contribution is -2.30. The smallest absolute Gasteiger partial charge is 0.254 e. The first-order valence-corrected chi connectivity index (χ1v) is 11.2. The van der Waals surface area contributed by atoms with Gasteiger partial charge >= 0.3 is 0 Å². The highest BCUT2D eigenvalue weighted by Gasteiger charge is 2.33. The Labute approximate surface area is 184 Å². The summed E-state index contributed by atoms with van der Waals surface area (Å²) in [5, 5.41) is 4.97. The molecule has 5 rings (SSSR count). The lowest BCUT2D eigenvalue weighted by Gasteiger charge is -2.23. The van der Waals surface area contributed by atoms with Crippen molar-refractivity contribution in [3.63, 3.8) is 0 Å². The summed E-state index contributed by atoms with van der Waals surface area (Å²) in [6.07, 6.45) is 1.92. The first kappa shape index (κ1) is 19.8. The van der Waals surface area contributed by atoms with E-state index in [9.17, 15) is 4.79 Å². The van der Waals surface area contributed by atoms with E-state index in [0.29, 0.717) is 17.9 Å². The highest BCUT2D eigenvalue weighted by Crippen LogP contribution is 2.37. The molecule has 2 aromatic carbocycles. The topological polar surface area (TPSA) is 68.5 Å². The number of amides is 1. The molecule has 0 spiro atoms. The first-order valence-electron chi connectivity index (χ1n) is 10.4. The lowest BCUT2D eigenvalue weighted by atomic mass is 10.1. The number of ether oxygens (including phenoxy) is 1. The summed E-state index contributed by atoms with van der Waals surface area (Å²) in [6.45, 7) is 4.86. The van der Waals surface area contributed by atoms with Gasteiger partial charge in [-0.3, -0.25) is 4.79 Å². The largest absolute Gasteiger partial charge is 0.489 e. The molecule has 31 heavy (non-hydrogen) atoms. The van der Waals surface area contributed by atoms with Crippen molar-refractivity contribution in [2.24, 2.45) is 0 Å². The monoisotopic (exact) mass is 433 g/mol. The molecule has 1 aliphatic heterocycles. The van der Waals surface area contributed by atoms with Gasteiger partial charge in [0.25, 0.3) is 5.91 Å². The molecule has 1 amide bonds. The Morgan fingerprint density at radius 3 is 2.90 bits per heavy atom. The Morgan fingerprint density at radius 2 is 2.10 bits per heavy atom. The van der Waals surface area contributed by atoms with Gasteiger partial charge in [-0.05, 0) is 57.0 Å². The van der Waals surface area contributed by atoms with Crippen molar-refractivity contribution < 1.29 is 14.1 Å². The van der Waals surface area contributed by atoms with Gasteiger partial charge in [0.15, 0.2) is 0 Å². The minimum Gasteiger partial charge on any atom is -0.489 e. The molecule has 1 atom stereocenters.